The molecule has 0 spiro atoms. The van der Waals surface area contributed by atoms with Crippen molar-refractivity contribution in [2.24, 2.45) is 5.73 Å². The van der Waals surface area contributed by atoms with Crippen LogP contribution in [0.5, 0.6) is 5.75 Å². The molecule has 0 bridgehead atoms. The van der Waals surface area contributed by atoms with E-state index in [0.29, 0.717) is 5.56 Å². The molecule has 0 heterocycles. The van der Waals surface area contributed by atoms with E-state index in [1.165, 1.54) is 6.07 Å². The van der Waals surface area contributed by atoms with Gasteiger partial charge in [0.25, 0.3) is 5.91 Å². The minimum Gasteiger partial charge on any atom is -0.488 e. The maximum Gasteiger partial charge on any atom is 0.254 e. The lowest BCUT2D eigenvalue weighted by molar-refractivity contribution is -0.133. The van der Waals surface area contributed by atoms with Crippen molar-refractivity contribution >= 4 is 11.7 Å². The average Bonchev–Trinajstić information content (AvgIpc) is 2.67. The number of benzene rings is 2. The molecule has 4 N–H and O–H groups in total. The molecule has 8 heteroatoms. The Hall–Kier alpha value is -3.00. The molecular weight excluding hydrogens is 380 g/mol. The first kappa shape index (κ1) is 22.3. The van der Waals surface area contributed by atoms with Gasteiger partial charge in [0.05, 0.1) is 11.7 Å². The van der Waals surface area contributed by atoms with Crippen molar-refractivity contribution in [1.82, 2.24) is 5.32 Å². The summed E-state index contributed by atoms with van der Waals surface area (Å²) < 4.78 is 40.0. The van der Waals surface area contributed by atoms with Crippen LogP contribution in [0.1, 0.15) is 43.6 Å². The Kier molecular flexibility index (Phi) is 7.67. The number of hydrogen-bond donors (Lipinski definition) is 3. The standard InChI is InChI=1S/C21H25F2N3O3/c1-4-28-19(17-15(22)9-10-16(18(17)23)29-12(2)3)21(27)26-11-13-5-7-14(8-6-13)20(24)25/h5-10,12,19H,4,11H2,1-3H3,(H3,24,25)(H,26,27)/t19-/m0/s1. The summed E-state index contributed by atoms with van der Waals surface area (Å²) in [5.74, 6) is -2.74. The molecule has 156 valence electrons. The highest BCUT2D eigenvalue weighted by Gasteiger charge is 2.29. The van der Waals surface area contributed by atoms with E-state index in [1.54, 1.807) is 45.0 Å². The Morgan fingerprint density at radius 2 is 1.83 bits per heavy atom. The molecule has 0 aliphatic carbocycles. The smallest absolute Gasteiger partial charge is 0.254 e. The van der Waals surface area contributed by atoms with E-state index in [2.05, 4.69) is 5.32 Å². The number of halogens is 2. The molecule has 0 saturated heterocycles. The van der Waals surface area contributed by atoms with Crippen LogP contribution in [-0.2, 0) is 16.1 Å². The van der Waals surface area contributed by atoms with E-state index < -0.39 is 29.2 Å². The Bertz CT molecular complexity index is 870. The number of rotatable bonds is 9. The summed E-state index contributed by atoms with van der Waals surface area (Å²) in [6.07, 6.45) is -1.78. The minimum absolute atomic E-state index is 0.0635. The molecule has 0 unspecified atom stereocenters. The normalized spacial score (nSPS) is 11.9. The number of nitrogen functional groups attached to an aromatic ring is 1. The third-order valence-corrected chi connectivity index (χ3v) is 4.02. The van der Waals surface area contributed by atoms with Crippen molar-refractivity contribution < 1.29 is 23.0 Å². The van der Waals surface area contributed by atoms with Gasteiger partial charge in [0.1, 0.15) is 11.7 Å². The average molecular weight is 405 g/mol. The van der Waals surface area contributed by atoms with Crippen LogP contribution in [0.25, 0.3) is 0 Å². The number of amides is 1. The monoisotopic (exact) mass is 405 g/mol. The van der Waals surface area contributed by atoms with E-state index >= 15 is 0 Å². The van der Waals surface area contributed by atoms with Crippen LogP contribution in [0.15, 0.2) is 36.4 Å². The summed E-state index contributed by atoms with van der Waals surface area (Å²) in [6, 6.07) is 8.93. The molecular formula is C21H25F2N3O3. The number of amidine groups is 1. The lowest BCUT2D eigenvalue weighted by atomic mass is 10.1. The van der Waals surface area contributed by atoms with Crippen molar-refractivity contribution in [1.29, 1.82) is 5.41 Å². The number of nitrogens with two attached hydrogens (primary N) is 1. The zero-order valence-corrected chi connectivity index (χ0v) is 16.6. The first-order valence-electron chi connectivity index (χ1n) is 9.21. The van der Waals surface area contributed by atoms with E-state index in [9.17, 15) is 13.6 Å². The first-order valence-corrected chi connectivity index (χ1v) is 9.21. The van der Waals surface area contributed by atoms with E-state index in [1.807, 2.05) is 0 Å². The Morgan fingerprint density at radius 1 is 1.17 bits per heavy atom. The van der Waals surface area contributed by atoms with Crippen molar-refractivity contribution in [3.63, 3.8) is 0 Å². The van der Waals surface area contributed by atoms with Crippen LogP contribution >= 0.6 is 0 Å². The number of nitrogens with one attached hydrogen (secondary N) is 2. The summed E-state index contributed by atoms with van der Waals surface area (Å²) in [7, 11) is 0. The van der Waals surface area contributed by atoms with Gasteiger partial charge in [-0.05, 0) is 38.5 Å². The second-order valence-corrected chi connectivity index (χ2v) is 6.60. The highest BCUT2D eigenvalue weighted by Crippen LogP contribution is 2.31. The SMILES string of the molecule is CCO[C@H](C(=O)NCc1ccc(C(=N)N)cc1)c1c(F)ccc(OC(C)C)c1F. The zero-order valence-electron chi connectivity index (χ0n) is 16.6. The lowest BCUT2D eigenvalue weighted by Crippen LogP contribution is -2.32. The zero-order chi connectivity index (χ0) is 21.6. The topological polar surface area (TPSA) is 97.4 Å². The predicted octanol–water partition coefficient (Wildman–Crippen LogP) is 3.43. The second kappa shape index (κ2) is 9.97. The first-order chi connectivity index (χ1) is 13.7. The summed E-state index contributed by atoms with van der Waals surface area (Å²) in [5, 5.41) is 10.0. The lowest BCUT2D eigenvalue weighted by Gasteiger charge is -2.20. The fourth-order valence-electron chi connectivity index (χ4n) is 2.68. The molecule has 0 saturated carbocycles. The highest BCUT2D eigenvalue weighted by atomic mass is 19.1. The Labute approximate surface area is 168 Å². The number of ether oxygens (including phenoxy) is 2. The molecule has 0 aliphatic rings. The van der Waals surface area contributed by atoms with Crippen molar-refractivity contribution in [2.45, 2.75) is 39.5 Å². The third-order valence-electron chi connectivity index (χ3n) is 4.02. The summed E-state index contributed by atoms with van der Waals surface area (Å²) >= 11 is 0. The summed E-state index contributed by atoms with van der Waals surface area (Å²) in [6.45, 7) is 5.26. The summed E-state index contributed by atoms with van der Waals surface area (Å²) in [5.41, 5.74) is 6.21. The maximum atomic E-state index is 14.9. The molecule has 2 rings (SSSR count). The molecule has 0 radical (unpaired) electrons. The quantitative estimate of drug-likeness (QED) is 0.440. The van der Waals surface area contributed by atoms with Gasteiger partial charge in [0, 0.05) is 18.7 Å². The maximum absolute atomic E-state index is 14.9. The van der Waals surface area contributed by atoms with Gasteiger partial charge in [0.15, 0.2) is 17.7 Å². The van der Waals surface area contributed by atoms with Crippen molar-refractivity contribution in [3.8, 4) is 5.75 Å². The molecule has 29 heavy (non-hydrogen) atoms. The van der Waals surface area contributed by atoms with Gasteiger partial charge in [-0.15, -0.1) is 0 Å². The van der Waals surface area contributed by atoms with Crippen LogP contribution in [-0.4, -0.2) is 24.5 Å². The van der Waals surface area contributed by atoms with Gasteiger partial charge in [-0.1, -0.05) is 24.3 Å². The number of carbonyl (C=O) groups excluding carboxylic acids is 1. The van der Waals surface area contributed by atoms with Crippen molar-refractivity contribution in [2.75, 3.05) is 6.61 Å². The molecule has 1 amide bonds. The van der Waals surface area contributed by atoms with E-state index in [0.717, 1.165) is 11.6 Å². The fourth-order valence-corrected chi connectivity index (χ4v) is 2.68. The van der Waals surface area contributed by atoms with Gasteiger partial charge >= 0.3 is 0 Å². The molecule has 0 aliphatic heterocycles. The van der Waals surface area contributed by atoms with E-state index in [-0.39, 0.29) is 30.8 Å². The van der Waals surface area contributed by atoms with Crippen LogP contribution in [0.3, 0.4) is 0 Å². The van der Waals surface area contributed by atoms with Crippen LogP contribution in [0, 0.1) is 17.0 Å². The molecule has 2 aromatic rings. The van der Waals surface area contributed by atoms with Gasteiger partial charge in [-0.25, -0.2) is 8.78 Å². The Morgan fingerprint density at radius 3 is 2.38 bits per heavy atom. The largest absolute Gasteiger partial charge is 0.488 e. The minimum atomic E-state index is -1.47. The van der Waals surface area contributed by atoms with Gasteiger partial charge in [0.2, 0.25) is 0 Å². The fraction of sp³-hybridized carbons (Fsp3) is 0.333. The molecule has 2 aromatic carbocycles. The van der Waals surface area contributed by atoms with Gasteiger partial charge < -0.3 is 20.5 Å². The van der Waals surface area contributed by atoms with Crippen LogP contribution in [0.4, 0.5) is 8.78 Å². The molecule has 1 atom stereocenters. The third kappa shape index (κ3) is 5.74. The molecule has 6 nitrogen and oxygen atoms in total. The second-order valence-electron chi connectivity index (χ2n) is 6.60. The van der Waals surface area contributed by atoms with Crippen LogP contribution in [0.2, 0.25) is 0 Å². The van der Waals surface area contributed by atoms with Crippen molar-refractivity contribution in [3.05, 3.63) is 64.7 Å². The summed E-state index contributed by atoms with van der Waals surface area (Å²) in [4.78, 5) is 12.7. The van der Waals surface area contributed by atoms with Gasteiger partial charge in [-0.2, -0.15) is 0 Å². The van der Waals surface area contributed by atoms with Gasteiger partial charge in [-0.3, -0.25) is 10.2 Å². The highest BCUT2D eigenvalue weighted by molar-refractivity contribution is 5.94. The Balaban J connectivity index is 2.22. The molecule has 0 aromatic heterocycles. The number of hydrogen-bond acceptors (Lipinski definition) is 4. The predicted molar refractivity (Wildman–Crippen MR) is 106 cm³/mol. The van der Waals surface area contributed by atoms with E-state index in [4.69, 9.17) is 20.6 Å². The number of carbonyl (C=O) groups is 1. The molecule has 0 fully saturated rings. The van der Waals surface area contributed by atoms with Crippen LogP contribution < -0.4 is 15.8 Å².